The van der Waals surface area contributed by atoms with Crippen molar-refractivity contribution in [2.24, 2.45) is 5.92 Å². The minimum absolute atomic E-state index is 0.0396. The SMILES string of the molecule is C=C1CCCC/C=C\C[C@](C)(C(=O)NS(=O)(=O)C2CC2)NC(=O)[C@@H]2C[C@@H](OC3(C)CC(c4ccccc4)=Cc4cc(OC)ccc43)CN2C(=O)[C@H]1CC(=O)N1CCCCC1. The Morgan fingerprint density at radius 3 is 2.45 bits per heavy atom. The number of carbonyl (C=O) groups is 4. The van der Waals surface area contributed by atoms with E-state index in [0.717, 1.165) is 54.4 Å². The summed E-state index contributed by atoms with van der Waals surface area (Å²) in [6, 6.07) is 14.9. The average molecular weight is 841 g/mol. The number of ether oxygens (including phenoxy) is 2. The van der Waals surface area contributed by atoms with Gasteiger partial charge in [0.15, 0.2) is 0 Å². The van der Waals surface area contributed by atoms with Gasteiger partial charge in [0.25, 0.3) is 5.91 Å². The number of hydrogen-bond donors (Lipinski definition) is 2. The molecule has 60 heavy (non-hydrogen) atoms. The van der Waals surface area contributed by atoms with E-state index < -0.39 is 56.3 Å². The van der Waals surface area contributed by atoms with Crippen molar-refractivity contribution in [2.75, 3.05) is 26.7 Å². The summed E-state index contributed by atoms with van der Waals surface area (Å²) < 4.78 is 40.9. The molecule has 0 aromatic heterocycles. The highest BCUT2D eigenvalue weighted by atomic mass is 32.2. The topological polar surface area (TPSA) is 151 Å². The van der Waals surface area contributed by atoms with Gasteiger partial charge in [-0.15, -0.1) is 0 Å². The molecule has 5 aliphatic rings. The second-order valence-corrected chi connectivity index (χ2v) is 19.6. The Kier molecular flexibility index (Phi) is 13.1. The van der Waals surface area contributed by atoms with E-state index in [1.54, 1.807) is 13.2 Å². The maximum atomic E-state index is 15.1. The number of rotatable bonds is 9. The number of nitrogens with one attached hydrogen (secondary N) is 2. The first-order valence-corrected chi connectivity index (χ1v) is 23.2. The molecule has 0 spiro atoms. The second kappa shape index (κ2) is 18.1. The quantitative estimate of drug-likeness (QED) is 0.275. The van der Waals surface area contributed by atoms with Crippen LogP contribution in [0.5, 0.6) is 5.75 Å². The molecule has 13 heteroatoms. The lowest BCUT2D eigenvalue weighted by molar-refractivity contribution is -0.145. The Labute approximate surface area is 354 Å². The van der Waals surface area contributed by atoms with E-state index in [0.29, 0.717) is 56.5 Å². The maximum absolute atomic E-state index is 15.1. The smallest absolute Gasteiger partial charge is 0.259 e. The number of piperidine rings is 1. The number of hydrogen-bond acceptors (Lipinski definition) is 8. The molecule has 3 aliphatic heterocycles. The number of fused-ring (bicyclic) bond motifs is 2. The molecule has 5 atom stereocenters. The molecule has 0 radical (unpaired) electrons. The van der Waals surface area contributed by atoms with Gasteiger partial charge in [0.2, 0.25) is 27.7 Å². The van der Waals surface area contributed by atoms with Crippen LogP contribution in [0, 0.1) is 5.92 Å². The van der Waals surface area contributed by atoms with E-state index in [1.165, 1.54) is 11.8 Å². The van der Waals surface area contributed by atoms with Gasteiger partial charge in [-0.1, -0.05) is 66.8 Å². The predicted molar refractivity (Wildman–Crippen MR) is 231 cm³/mol. The molecule has 7 rings (SSSR count). The average Bonchev–Trinajstić information content (AvgIpc) is 4.03. The fourth-order valence-electron chi connectivity index (χ4n) is 9.19. The number of nitrogens with zero attached hydrogens (tertiary/aromatic N) is 2. The van der Waals surface area contributed by atoms with Gasteiger partial charge in [-0.2, -0.15) is 0 Å². The van der Waals surface area contributed by atoms with Crippen molar-refractivity contribution in [1.82, 2.24) is 19.8 Å². The van der Waals surface area contributed by atoms with Gasteiger partial charge in [0, 0.05) is 38.9 Å². The summed E-state index contributed by atoms with van der Waals surface area (Å²) in [7, 11) is -2.29. The number of sulfonamides is 1. The van der Waals surface area contributed by atoms with Crippen LogP contribution in [0.3, 0.4) is 0 Å². The fraction of sp³-hybridized carbons (Fsp3) is 0.532. The lowest BCUT2D eigenvalue weighted by Crippen LogP contribution is -2.61. The Hall–Kier alpha value is -4.75. The first-order chi connectivity index (χ1) is 28.7. The van der Waals surface area contributed by atoms with Gasteiger partial charge < -0.3 is 24.6 Å². The van der Waals surface area contributed by atoms with E-state index in [-0.39, 0.29) is 37.6 Å². The number of methoxy groups -OCH3 is 1. The summed E-state index contributed by atoms with van der Waals surface area (Å²) in [5, 5.41) is 2.27. The van der Waals surface area contributed by atoms with Crippen molar-refractivity contribution >= 4 is 45.3 Å². The highest BCUT2D eigenvalue weighted by Crippen LogP contribution is 2.46. The van der Waals surface area contributed by atoms with Crippen LogP contribution in [-0.2, 0) is 39.5 Å². The highest BCUT2D eigenvalue weighted by Gasteiger charge is 2.49. The number of allylic oxidation sites excluding steroid dienone is 1. The molecule has 1 unspecified atom stereocenters. The van der Waals surface area contributed by atoms with E-state index in [1.807, 2.05) is 54.3 Å². The Balaban J connectivity index is 1.23. The highest BCUT2D eigenvalue weighted by molar-refractivity contribution is 7.91. The van der Waals surface area contributed by atoms with Gasteiger partial charge >= 0.3 is 0 Å². The normalized spacial score (nSPS) is 28.6. The zero-order valence-electron chi connectivity index (χ0n) is 35.2. The molecule has 2 aliphatic carbocycles. The summed E-state index contributed by atoms with van der Waals surface area (Å²) >= 11 is 0. The molecule has 322 valence electrons. The van der Waals surface area contributed by atoms with Gasteiger partial charge in [-0.25, -0.2) is 8.42 Å². The van der Waals surface area contributed by atoms with Crippen LogP contribution in [0.4, 0.5) is 0 Å². The van der Waals surface area contributed by atoms with Crippen LogP contribution < -0.4 is 14.8 Å². The molecule has 1 saturated carbocycles. The molecule has 4 amide bonds. The van der Waals surface area contributed by atoms with Gasteiger partial charge in [-0.05, 0) is 112 Å². The summed E-state index contributed by atoms with van der Waals surface area (Å²) in [5.74, 6) is -2.08. The summed E-state index contributed by atoms with van der Waals surface area (Å²) in [5.41, 5.74) is 2.10. The van der Waals surface area contributed by atoms with Gasteiger partial charge in [-0.3, -0.25) is 23.9 Å². The van der Waals surface area contributed by atoms with Crippen LogP contribution in [-0.4, -0.2) is 91.5 Å². The largest absolute Gasteiger partial charge is 0.497 e. The minimum Gasteiger partial charge on any atom is -0.497 e. The number of carbonyl (C=O) groups excluding carboxylic acids is 4. The zero-order chi connectivity index (χ0) is 42.7. The van der Waals surface area contributed by atoms with Gasteiger partial charge in [0.1, 0.15) is 17.3 Å². The van der Waals surface area contributed by atoms with Gasteiger partial charge in [0.05, 0.1) is 30.0 Å². The lowest BCUT2D eigenvalue weighted by atomic mass is 9.78. The third kappa shape index (κ3) is 9.73. The fourth-order valence-corrected chi connectivity index (χ4v) is 10.6. The molecule has 3 heterocycles. The van der Waals surface area contributed by atoms with Crippen LogP contribution in [0.2, 0.25) is 0 Å². The first kappa shape index (κ1) is 43.3. The summed E-state index contributed by atoms with van der Waals surface area (Å²) in [4.78, 5) is 60.9. The van der Waals surface area contributed by atoms with Crippen LogP contribution in [0.1, 0.15) is 114 Å². The second-order valence-electron chi connectivity index (χ2n) is 17.7. The standard InChI is InChI=1S/C47H60N4O8S/c1-32-16-10-6-5-7-13-23-46(2,45(55)49-60(56,57)38-20-21-38)48-43(53)41-28-37(31-51(41)44(54)39(32)29-42(52)50-24-14-9-15-25-50)59-47(3)30-35(33-17-11-8-12-18-33)26-34-27-36(58-4)19-22-40(34)47/h7-8,11-13,17-19,22,26-27,37-39,41H,1,5-6,9-10,14-16,20-21,23-25,28-31H2,2-4H3,(H,48,53)(H,49,55)/b13-7-/t37-,39+,41+,46-,47?/m1/s1. The van der Waals surface area contributed by atoms with Crippen molar-refractivity contribution in [3.63, 3.8) is 0 Å². The molecule has 12 nitrogen and oxygen atoms in total. The third-order valence-electron chi connectivity index (χ3n) is 12.9. The molecule has 0 bridgehead atoms. The van der Waals surface area contributed by atoms with Crippen molar-refractivity contribution < 1.29 is 37.1 Å². The van der Waals surface area contributed by atoms with E-state index >= 15 is 4.79 Å². The lowest BCUT2D eigenvalue weighted by Gasteiger charge is -2.38. The number of amides is 4. The minimum atomic E-state index is -3.92. The third-order valence-corrected chi connectivity index (χ3v) is 14.7. The molecular weight excluding hydrogens is 781 g/mol. The van der Waals surface area contributed by atoms with Crippen molar-refractivity contribution in [3.05, 3.63) is 89.5 Å². The maximum Gasteiger partial charge on any atom is 0.259 e. The van der Waals surface area contributed by atoms with Crippen molar-refractivity contribution in [1.29, 1.82) is 0 Å². The van der Waals surface area contributed by atoms with E-state index in [2.05, 4.69) is 34.8 Å². The van der Waals surface area contributed by atoms with Crippen molar-refractivity contribution in [2.45, 2.75) is 126 Å². The monoisotopic (exact) mass is 840 g/mol. The van der Waals surface area contributed by atoms with E-state index in [9.17, 15) is 22.8 Å². The molecule has 2 N–H and O–H groups in total. The molecule has 2 aromatic rings. The molecular formula is C47H60N4O8S. The number of benzene rings is 2. The Morgan fingerprint density at radius 1 is 0.983 bits per heavy atom. The predicted octanol–water partition coefficient (Wildman–Crippen LogP) is 6.42. The summed E-state index contributed by atoms with van der Waals surface area (Å²) in [6.45, 7) is 9.27. The first-order valence-electron chi connectivity index (χ1n) is 21.6. The molecule has 2 aromatic carbocycles. The number of likely N-dealkylation sites (tertiary alicyclic amines) is 1. The summed E-state index contributed by atoms with van der Waals surface area (Å²) in [6.07, 6.45) is 12.4. The molecule has 2 saturated heterocycles. The van der Waals surface area contributed by atoms with Crippen molar-refractivity contribution in [3.8, 4) is 5.75 Å². The zero-order valence-corrected chi connectivity index (χ0v) is 36.1. The van der Waals surface area contributed by atoms with Crippen LogP contribution in [0.15, 0.2) is 72.8 Å². The Morgan fingerprint density at radius 2 is 1.73 bits per heavy atom. The van der Waals surface area contributed by atoms with Crippen LogP contribution >= 0.6 is 0 Å². The molecule has 3 fully saturated rings. The Bertz CT molecular complexity index is 2140. The van der Waals surface area contributed by atoms with Crippen LogP contribution in [0.25, 0.3) is 11.6 Å². The van der Waals surface area contributed by atoms with E-state index in [4.69, 9.17) is 9.47 Å².